The number of benzene rings is 1. The molecule has 1 aliphatic rings. The molecule has 110 valence electrons. The predicted molar refractivity (Wildman–Crippen MR) is 84.3 cm³/mol. The zero-order valence-corrected chi connectivity index (χ0v) is 13.1. The van der Waals surface area contributed by atoms with E-state index < -0.39 is 0 Å². The average Bonchev–Trinajstić information content (AvgIpc) is 2.40. The third-order valence-corrected chi connectivity index (χ3v) is 4.24. The SMILES string of the molecule is CCNc1ccc(C(=O)N2CCC(C)(C)CC2)cc1C. The third kappa shape index (κ3) is 3.33. The summed E-state index contributed by atoms with van der Waals surface area (Å²) in [6.07, 6.45) is 2.18. The Balaban J connectivity index is 2.08. The van der Waals surface area contributed by atoms with Crippen molar-refractivity contribution in [3.63, 3.8) is 0 Å². The van der Waals surface area contributed by atoms with Crippen LogP contribution in [0.15, 0.2) is 18.2 Å². The highest BCUT2D eigenvalue weighted by molar-refractivity contribution is 5.95. The second-order valence-corrected chi connectivity index (χ2v) is 6.52. The first-order valence-electron chi connectivity index (χ1n) is 7.57. The molecular formula is C17H26N2O. The molecule has 0 spiro atoms. The molecule has 0 bridgehead atoms. The van der Waals surface area contributed by atoms with Crippen molar-refractivity contribution in [3.05, 3.63) is 29.3 Å². The summed E-state index contributed by atoms with van der Waals surface area (Å²) >= 11 is 0. The Morgan fingerprint density at radius 3 is 2.50 bits per heavy atom. The number of aryl methyl sites for hydroxylation is 1. The maximum atomic E-state index is 12.5. The monoisotopic (exact) mass is 274 g/mol. The van der Waals surface area contributed by atoms with Crippen molar-refractivity contribution in [3.8, 4) is 0 Å². The molecule has 1 N–H and O–H groups in total. The van der Waals surface area contributed by atoms with Gasteiger partial charge in [0.15, 0.2) is 0 Å². The van der Waals surface area contributed by atoms with Gasteiger partial charge < -0.3 is 10.2 Å². The predicted octanol–water partition coefficient (Wildman–Crippen LogP) is 3.69. The van der Waals surface area contributed by atoms with E-state index in [4.69, 9.17) is 0 Å². The van der Waals surface area contributed by atoms with E-state index >= 15 is 0 Å². The Morgan fingerprint density at radius 1 is 1.30 bits per heavy atom. The molecule has 1 aromatic carbocycles. The molecule has 1 fully saturated rings. The molecule has 2 rings (SSSR count). The van der Waals surface area contributed by atoms with Gasteiger partial charge in [-0.15, -0.1) is 0 Å². The molecule has 0 aromatic heterocycles. The van der Waals surface area contributed by atoms with Crippen molar-refractivity contribution in [2.24, 2.45) is 5.41 Å². The maximum Gasteiger partial charge on any atom is 0.253 e. The molecule has 1 amide bonds. The molecular weight excluding hydrogens is 248 g/mol. The second-order valence-electron chi connectivity index (χ2n) is 6.52. The van der Waals surface area contributed by atoms with Gasteiger partial charge in [0.2, 0.25) is 0 Å². The average molecular weight is 274 g/mol. The van der Waals surface area contributed by atoms with Crippen molar-refractivity contribution >= 4 is 11.6 Å². The van der Waals surface area contributed by atoms with Gasteiger partial charge in [-0.3, -0.25) is 4.79 Å². The van der Waals surface area contributed by atoms with Gasteiger partial charge in [0.25, 0.3) is 5.91 Å². The van der Waals surface area contributed by atoms with Gasteiger partial charge in [0.1, 0.15) is 0 Å². The van der Waals surface area contributed by atoms with Crippen LogP contribution in [0.3, 0.4) is 0 Å². The van der Waals surface area contributed by atoms with E-state index in [1.54, 1.807) is 0 Å². The van der Waals surface area contributed by atoms with E-state index in [0.29, 0.717) is 5.41 Å². The lowest BCUT2D eigenvalue weighted by molar-refractivity contribution is 0.0630. The number of nitrogens with one attached hydrogen (secondary N) is 1. The third-order valence-electron chi connectivity index (χ3n) is 4.24. The first-order valence-corrected chi connectivity index (χ1v) is 7.57. The van der Waals surface area contributed by atoms with Crippen LogP contribution in [0.1, 0.15) is 49.5 Å². The minimum Gasteiger partial charge on any atom is -0.385 e. The Morgan fingerprint density at radius 2 is 1.95 bits per heavy atom. The highest BCUT2D eigenvalue weighted by Gasteiger charge is 2.28. The number of piperidine rings is 1. The zero-order chi connectivity index (χ0) is 14.8. The van der Waals surface area contributed by atoms with E-state index in [1.807, 2.05) is 30.0 Å². The molecule has 3 heteroatoms. The molecule has 0 radical (unpaired) electrons. The molecule has 1 aliphatic heterocycles. The van der Waals surface area contributed by atoms with Crippen LogP contribution in [0, 0.1) is 12.3 Å². The van der Waals surface area contributed by atoms with E-state index in [9.17, 15) is 4.79 Å². The summed E-state index contributed by atoms with van der Waals surface area (Å²) < 4.78 is 0. The molecule has 0 unspecified atom stereocenters. The van der Waals surface area contributed by atoms with Crippen LogP contribution in [-0.2, 0) is 0 Å². The fourth-order valence-corrected chi connectivity index (χ4v) is 2.68. The number of rotatable bonds is 3. The minimum absolute atomic E-state index is 0.173. The van der Waals surface area contributed by atoms with Gasteiger partial charge in [0.05, 0.1) is 0 Å². The highest BCUT2D eigenvalue weighted by Crippen LogP contribution is 2.30. The van der Waals surface area contributed by atoms with Gasteiger partial charge in [-0.1, -0.05) is 13.8 Å². The van der Waals surface area contributed by atoms with Crippen molar-refractivity contribution in [1.29, 1.82) is 0 Å². The summed E-state index contributed by atoms with van der Waals surface area (Å²) in [4.78, 5) is 14.5. The molecule has 0 aliphatic carbocycles. The van der Waals surface area contributed by atoms with Crippen LogP contribution < -0.4 is 5.32 Å². The smallest absolute Gasteiger partial charge is 0.253 e. The van der Waals surface area contributed by atoms with Gasteiger partial charge >= 0.3 is 0 Å². The topological polar surface area (TPSA) is 32.3 Å². The molecule has 1 aromatic rings. The summed E-state index contributed by atoms with van der Waals surface area (Å²) in [5.74, 6) is 0.173. The van der Waals surface area contributed by atoms with E-state index in [0.717, 1.165) is 49.3 Å². The fourth-order valence-electron chi connectivity index (χ4n) is 2.68. The number of amides is 1. The number of anilines is 1. The van der Waals surface area contributed by atoms with E-state index in [2.05, 4.69) is 26.1 Å². The van der Waals surface area contributed by atoms with Gasteiger partial charge in [0, 0.05) is 30.9 Å². The number of hydrogen-bond donors (Lipinski definition) is 1. The quantitative estimate of drug-likeness (QED) is 0.911. The van der Waals surface area contributed by atoms with Gasteiger partial charge in [-0.05, 0) is 55.9 Å². The van der Waals surface area contributed by atoms with Gasteiger partial charge in [-0.25, -0.2) is 0 Å². The molecule has 1 saturated heterocycles. The lowest BCUT2D eigenvalue weighted by Gasteiger charge is -2.37. The maximum absolute atomic E-state index is 12.5. The van der Waals surface area contributed by atoms with Crippen molar-refractivity contribution in [2.45, 2.75) is 40.5 Å². The van der Waals surface area contributed by atoms with E-state index in [-0.39, 0.29) is 5.91 Å². The van der Waals surface area contributed by atoms with Gasteiger partial charge in [-0.2, -0.15) is 0 Å². The zero-order valence-electron chi connectivity index (χ0n) is 13.1. The Bertz CT molecular complexity index is 484. The fraction of sp³-hybridized carbons (Fsp3) is 0.588. The number of carbonyl (C=O) groups excluding carboxylic acids is 1. The molecule has 0 atom stereocenters. The van der Waals surface area contributed by atoms with Crippen LogP contribution >= 0.6 is 0 Å². The Labute approximate surface area is 122 Å². The number of likely N-dealkylation sites (tertiary alicyclic amines) is 1. The van der Waals surface area contributed by atoms with Crippen LogP contribution in [0.4, 0.5) is 5.69 Å². The summed E-state index contributed by atoms with van der Waals surface area (Å²) in [6.45, 7) is 11.3. The Hall–Kier alpha value is -1.51. The van der Waals surface area contributed by atoms with Crippen molar-refractivity contribution in [2.75, 3.05) is 25.0 Å². The van der Waals surface area contributed by atoms with Crippen LogP contribution in [0.5, 0.6) is 0 Å². The summed E-state index contributed by atoms with van der Waals surface area (Å²) in [5, 5.41) is 3.31. The Kier molecular flexibility index (Phi) is 4.36. The first-order chi connectivity index (χ1) is 9.43. The van der Waals surface area contributed by atoms with Crippen LogP contribution in [-0.4, -0.2) is 30.4 Å². The minimum atomic E-state index is 0.173. The number of nitrogens with zero attached hydrogens (tertiary/aromatic N) is 1. The van der Waals surface area contributed by atoms with Crippen molar-refractivity contribution < 1.29 is 4.79 Å². The molecule has 20 heavy (non-hydrogen) atoms. The van der Waals surface area contributed by atoms with Crippen molar-refractivity contribution in [1.82, 2.24) is 4.90 Å². The first kappa shape index (κ1) is 14.9. The summed E-state index contributed by atoms with van der Waals surface area (Å²) in [6, 6.07) is 5.95. The molecule has 0 saturated carbocycles. The number of hydrogen-bond acceptors (Lipinski definition) is 2. The largest absolute Gasteiger partial charge is 0.385 e. The molecule has 1 heterocycles. The van der Waals surface area contributed by atoms with Crippen LogP contribution in [0.2, 0.25) is 0 Å². The highest BCUT2D eigenvalue weighted by atomic mass is 16.2. The molecule has 3 nitrogen and oxygen atoms in total. The lowest BCUT2D eigenvalue weighted by atomic mass is 9.82. The summed E-state index contributed by atoms with van der Waals surface area (Å²) in [7, 11) is 0. The number of carbonyl (C=O) groups is 1. The lowest BCUT2D eigenvalue weighted by Crippen LogP contribution is -2.41. The second kappa shape index (κ2) is 5.86. The summed E-state index contributed by atoms with van der Waals surface area (Å²) in [5.41, 5.74) is 3.43. The van der Waals surface area contributed by atoms with E-state index in [1.165, 1.54) is 0 Å². The van der Waals surface area contributed by atoms with Crippen LogP contribution in [0.25, 0.3) is 0 Å². The standard InChI is InChI=1S/C17H26N2O/c1-5-18-15-7-6-14(12-13(15)2)16(20)19-10-8-17(3,4)9-11-19/h6-7,12,18H,5,8-11H2,1-4H3. The normalized spacial score (nSPS) is 17.9.